The second kappa shape index (κ2) is 9.58. The average molecular weight is 469 g/mol. The van der Waals surface area contributed by atoms with Gasteiger partial charge in [-0.2, -0.15) is 0 Å². The average Bonchev–Trinajstić information content (AvgIpc) is 3.32. The number of fused-ring (bicyclic) bond motifs is 3. The number of aliphatic hydroxyl groups is 1. The number of ketones is 1. The van der Waals surface area contributed by atoms with Gasteiger partial charge in [0, 0.05) is 30.2 Å². The summed E-state index contributed by atoms with van der Waals surface area (Å²) in [5.41, 5.74) is 0.296. The van der Waals surface area contributed by atoms with Gasteiger partial charge in [0.25, 0.3) is 0 Å². The van der Waals surface area contributed by atoms with E-state index in [1.807, 2.05) is 24.3 Å². The Labute approximate surface area is 198 Å². The molecule has 180 valence electrons. The second-order valence-corrected chi connectivity index (χ2v) is 9.24. The minimum absolute atomic E-state index is 0.219. The maximum Gasteiger partial charge on any atom is 0.305 e. The quantitative estimate of drug-likeness (QED) is 0.460. The Bertz CT molecular complexity index is 1090. The smallest absolute Gasteiger partial charge is 0.305 e. The lowest BCUT2D eigenvalue weighted by molar-refractivity contribution is -0.140. The molecule has 1 N–H and O–H groups in total. The van der Waals surface area contributed by atoms with Crippen LogP contribution in [0.5, 0.6) is 11.5 Å². The summed E-state index contributed by atoms with van der Waals surface area (Å²) in [6.45, 7) is 3.04. The van der Waals surface area contributed by atoms with Crippen molar-refractivity contribution in [3.05, 3.63) is 71.6 Å². The van der Waals surface area contributed by atoms with Crippen molar-refractivity contribution in [1.82, 2.24) is 0 Å². The molecular formula is C27H29FO6. The summed E-state index contributed by atoms with van der Waals surface area (Å²) in [6, 6.07) is 14.4. The molecule has 1 aliphatic carbocycles. The number of esters is 1. The van der Waals surface area contributed by atoms with Crippen molar-refractivity contribution in [1.29, 1.82) is 0 Å². The van der Waals surface area contributed by atoms with E-state index in [2.05, 4.69) is 0 Å². The van der Waals surface area contributed by atoms with E-state index in [1.54, 1.807) is 24.3 Å². The van der Waals surface area contributed by atoms with E-state index < -0.39 is 29.2 Å². The van der Waals surface area contributed by atoms with Crippen molar-refractivity contribution in [2.24, 2.45) is 5.92 Å². The van der Waals surface area contributed by atoms with Gasteiger partial charge in [-0.3, -0.25) is 9.59 Å². The molecule has 1 saturated carbocycles. The molecule has 1 heterocycles. The first-order valence-electron chi connectivity index (χ1n) is 11.4. The van der Waals surface area contributed by atoms with Crippen molar-refractivity contribution in [3.63, 3.8) is 0 Å². The van der Waals surface area contributed by atoms with Crippen LogP contribution in [-0.2, 0) is 20.7 Å². The van der Waals surface area contributed by atoms with Crippen molar-refractivity contribution in [3.8, 4) is 11.5 Å². The third kappa shape index (κ3) is 4.71. The Morgan fingerprint density at radius 3 is 2.62 bits per heavy atom. The van der Waals surface area contributed by atoms with Gasteiger partial charge in [0.1, 0.15) is 17.6 Å². The SMILES string of the molecule is COC(=O)CCc1cccc2c1O[C@H]1C[C@@H](O)[C@H](/C=C(\F)C(=O)C(C)(C)Oc3ccccc3)[C@@H]21. The number of aryl methyl sites for hydroxylation is 1. The van der Waals surface area contributed by atoms with Gasteiger partial charge in [-0.15, -0.1) is 0 Å². The van der Waals surface area contributed by atoms with E-state index >= 15 is 4.39 Å². The summed E-state index contributed by atoms with van der Waals surface area (Å²) in [6.07, 6.45) is 1.03. The number of hydrogen-bond donors (Lipinski definition) is 1. The highest BCUT2D eigenvalue weighted by Crippen LogP contribution is 2.52. The molecule has 34 heavy (non-hydrogen) atoms. The Kier molecular flexibility index (Phi) is 6.75. The van der Waals surface area contributed by atoms with Crippen LogP contribution >= 0.6 is 0 Å². The number of rotatable bonds is 8. The number of carbonyl (C=O) groups excluding carboxylic acids is 2. The number of hydrogen-bond acceptors (Lipinski definition) is 6. The molecule has 0 amide bonds. The Morgan fingerprint density at radius 2 is 1.91 bits per heavy atom. The van der Waals surface area contributed by atoms with Crippen molar-refractivity contribution < 1.29 is 33.3 Å². The van der Waals surface area contributed by atoms with E-state index in [-0.39, 0.29) is 24.4 Å². The molecule has 4 rings (SSSR count). The van der Waals surface area contributed by atoms with Crippen molar-refractivity contribution in [2.45, 2.75) is 56.8 Å². The van der Waals surface area contributed by atoms with Gasteiger partial charge in [-0.25, -0.2) is 4.39 Å². The van der Waals surface area contributed by atoms with Gasteiger partial charge in [0.15, 0.2) is 11.4 Å². The summed E-state index contributed by atoms with van der Waals surface area (Å²) in [7, 11) is 1.35. The molecule has 0 unspecified atom stereocenters. The van der Waals surface area contributed by atoms with E-state index in [0.717, 1.165) is 11.1 Å². The Hall–Kier alpha value is -3.19. The lowest BCUT2D eigenvalue weighted by Gasteiger charge is -2.25. The summed E-state index contributed by atoms with van der Waals surface area (Å²) in [5.74, 6) is -1.83. The molecule has 0 bridgehead atoms. The first-order valence-corrected chi connectivity index (χ1v) is 11.4. The predicted molar refractivity (Wildman–Crippen MR) is 123 cm³/mol. The fourth-order valence-corrected chi connectivity index (χ4v) is 4.83. The van der Waals surface area contributed by atoms with Crippen LogP contribution in [0.1, 0.15) is 43.7 Å². The maximum atomic E-state index is 15.2. The number of methoxy groups -OCH3 is 1. The van der Waals surface area contributed by atoms with Gasteiger partial charge in [-0.05, 0) is 44.0 Å². The zero-order valence-electron chi connectivity index (χ0n) is 19.5. The molecule has 6 nitrogen and oxygen atoms in total. The van der Waals surface area contributed by atoms with Gasteiger partial charge in [0.05, 0.1) is 13.2 Å². The predicted octanol–water partition coefficient (Wildman–Crippen LogP) is 4.30. The molecule has 0 spiro atoms. The third-order valence-corrected chi connectivity index (χ3v) is 6.53. The highest BCUT2D eigenvalue weighted by Gasteiger charge is 2.50. The third-order valence-electron chi connectivity index (χ3n) is 6.53. The molecular weight excluding hydrogens is 439 g/mol. The highest BCUT2D eigenvalue weighted by molar-refractivity contribution is 5.99. The number of para-hydroxylation sites is 2. The zero-order chi connectivity index (χ0) is 24.5. The van der Waals surface area contributed by atoms with Crippen LogP contribution in [0.15, 0.2) is 60.4 Å². The Morgan fingerprint density at radius 1 is 1.18 bits per heavy atom. The van der Waals surface area contributed by atoms with Gasteiger partial charge in [0.2, 0.25) is 5.78 Å². The molecule has 4 atom stereocenters. The monoisotopic (exact) mass is 468 g/mol. The summed E-state index contributed by atoms with van der Waals surface area (Å²) in [5, 5.41) is 10.7. The van der Waals surface area contributed by atoms with E-state index in [9.17, 15) is 14.7 Å². The molecule has 0 radical (unpaired) electrons. The highest BCUT2D eigenvalue weighted by atomic mass is 19.1. The molecule has 1 aliphatic heterocycles. The lowest BCUT2D eigenvalue weighted by atomic mass is 9.86. The Balaban J connectivity index is 1.55. The topological polar surface area (TPSA) is 82.1 Å². The summed E-state index contributed by atoms with van der Waals surface area (Å²) in [4.78, 5) is 24.5. The van der Waals surface area contributed by atoms with Gasteiger partial charge in [-0.1, -0.05) is 36.4 Å². The van der Waals surface area contributed by atoms with Crippen LogP contribution in [0.2, 0.25) is 0 Å². The number of aliphatic hydroxyl groups excluding tert-OH is 1. The number of ether oxygens (including phenoxy) is 3. The fourth-order valence-electron chi connectivity index (χ4n) is 4.83. The summed E-state index contributed by atoms with van der Waals surface area (Å²) >= 11 is 0. The first kappa shape index (κ1) is 24.0. The van der Waals surface area contributed by atoms with Crippen LogP contribution in [0.4, 0.5) is 4.39 Å². The summed E-state index contributed by atoms with van der Waals surface area (Å²) < 4.78 is 31.8. The van der Waals surface area contributed by atoms with E-state index in [1.165, 1.54) is 27.0 Å². The molecule has 0 aromatic heterocycles. The van der Waals surface area contributed by atoms with Crippen molar-refractivity contribution in [2.75, 3.05) is 7.11 Å². The van der Waals surface area contributed by atoms with E-state index in [0.29, 0.717) is 24.3 Å². The minimum atomic E-state index is -1.42. The molecule has 2 aromatic rings. The molecule has 2 aromatic carbocycles. The molecule has 2 aliphatic rings. The molecule has 1 fully saturated rings. The molecule has 7 heteroatoms. The zero-order valence-corrected chi connectivity index (χ0v) is 19.5. The lowest BCUT2D eigenvalue weighted by Crippen LogP contribution is -2.38. The van der Waals surface area contributed by atoms with Crippen LogP contribution < -0.4 is 9.47 Å². The minimum Gasteiger partial charge on any atom is -0.489 e. The van der Waals surface area contributed by atoms with Crippen molar-refractivity contribution >= 4 is 11.8 Å². The second-order valence-electron chi connectivity index (χ2n) is 9.24. The van der Waals surface area contributed by atoms with Crippen LogP contribution in [0.3, 0.4) is 0 Å². The number of benzene rings is 2. The van der Waals surface area contributed by atoms with Gasteiger partial charge >= 0.3 is 5.97 Å². The maximum absolute atomic E-state index is 15.2. The van der Waals surface area contributed by atoms with E-state index in [4.69, 9.17) is 14.2 Å². The standard InChI is InChI=1S/C27H29FO6/c1-27(2,34-17-9-5-4-6-10-17)26(31)20(28)14-19-21(29)15-22-24(19)18-11-7-8-16(25(18)33-22)12-13-23(30)32-3/h4-11,14,19,21-22,24,29H,12-13,15H2,1-3H3/b20-14-/t19-,21+,22-,24+/m0/s1. The number of Topliss-reactive ketones (excluding diaryl/α,β-unsaturated/α-hetero) is 1. The van der Waals surface area contributed by atoms with Crippen LogP contribution in [-0.4, -0.2) is 41.8 Å². The first-order chi connectivity index (χ1) is 16.2. The number of halogens is 1. The normalized spacial score (nSPS) is 23.6. The van der Waals surface area contributed by atoms with Crippen LogP contribution in [0.25, 0.3) is 0 Å². The number of carbonyl (C=O) groups is 2. The van der Waals surface area contributed by atoms with Gasteiger partial charge < -0.3 is 19.3 Å². The van der Waals surface area contributed by atoms with Crippen LogP contribution in [0, 0.1) is 5.92 Å². The largest absolute Gasteiger partial charge is 0.489 e. The molecule has 0 saturated heterocycles. The fraction of sp³-hybridized carbons (Fsp3) is 0.407.